The molecule has 0 fully saturated rings. The molecule has 1 amide bonds. The summed E-state index contributed by atoms with van der Waals surface area (Å²) in [4.78, 5) is 17.8. The van der Waals surface area contributed by atoms with Gasteiger partial charge < -0.3 is 20.6 Å². The summed E-state index contributed by atoms with van der Waals surface area (Å²) in [6.45, 7) is 1.12. The molecule has 0 aromatic heterocycles. The molecule has 2 aromatic carbocycles. The van der Waals surface area contributed by atoms with Crippen LogP contribution in [0, 0.1) is 0 Å². The summed E-state index contributed by atoms with van der Waals surface area (Å²) < 4.78 is 0. The van der Waals surface area contributed by atoms with Gasteiger partial charge in [-0.05, 0) is 60.6 Å². The topological polar surface area (TPSA) is 77.0 Å². The Balaban J connectivity index is 1.59. The van der Waals surface area contributed by atoms with Crippen LogP contribution < -0.4 is 10.6 Å². The van der Waals surface area contributed by atoms with Crippen LogP contribution in [0.3, 0.4) is 0 Å². The van der Waals surface area contributed by atoms with Crippen LogP contribution in [0.1, 0.15) is 45.5 Å². The van der Waals surface area contributed by atoms with Crippen molar-refractivity contribution >= 4 is 11.9 Å². The SMILES string of the molecule is CN=C(NCc1ccc(C(=O)N(C)C)cc1)NCc1c(O)ccc2c1CCCC2. The highest BCUT2D eigenvalue weighted by molar-refractivity contribution is 5.93. The number of phenolic OH excluding ortho intramolecular Hbond substituents is 1. The van der Waals surface area contributed by atoms with Crippen molar-refractivity contribution in [2.45, 2.75) is 38.8 Å². The number of guanidine groups is 1. The van der Waals surface area contributed by atoms with Crippen molar-refractivity contribution in [1.82, 2.24) is 15.5 Å². The smallest absolute Gasteiger partial charge is 0.253 e. The Morgan fingerprint density at radius 2 is 1.72 bits per heavy atom. The van der Waals surface area contributed by atoms with Crippen molar-refractivity contribution in [3.05, 3.63) is 64.2 Å². The van der Waals surface area contributed by atoms with Crippen molar-refractivity contribution in [2.75, 3.05) is 21.1 Å². The zero-order chi connectivity index (χ0) is 20.8. The molecule has 0 bridgehead atoms. The number of aliphatic imine (C=N–C) groups is 1. The molecular formula is C23H30N4O2. The monoisotopic (exact) mass is 394 g/mol. The van der Waals surface area contributed by atoms with E-state index < -0.39 is 0 Å². The first-order valence-corrected chi connectivity index (χ1v) is 10.1. The predicted molar refractivity (Wildman–Crippen MR) is 116 cm³/mol. The Hall–Kier alpha value is -3.02. The first-order valence-electron chi connectivity index (χ1n) is 10.1. The fourth-order valence-corrected chi connectivity index (χ4v) is 3.69. The van der Waals surface area contributed by atoms with Gasteiger partial charge in [-0.25, -0.2) is 0 Å². The van der Waals surface area contributed by atoms with Crippen LogP contribution in [0.25, 0.3) is 0 Å². The van der Waals surface area contributed by atoms with E-state index in [9.17, 15) is 9.90 Å². The highest BCUT2D eigenvalue weighted by Gasteiger charge is 2.16. The lowest BCUT2D eigenvalue weighted by molar-refractivity contribution is 0.0827. The predicted octanol–water partition coefficient (Wildman–Crippen LogP) is 2.84. The van der Waals surface area contributed by atoms with Crippen LogP contribution in [0.4, 0.5) is 0 Å². The van der Waals surface area contributed by atoms with Gasteiger partial charge in [-0.1, -0.05) is 18.2 Å². The molecule has 6 nitrogen and oxygen atoms in total. The van der Waals surface area contributed by atoms with Gasteiger partial charge in [-0.2, -0.15) is 0 Å². The molecule has 0 saturated carbocycles. The first-order chi connectivity index (χ1) is 14.0. The number of aromatic hydroxyl groups is 1. The average Bonchev–Trinajstić information content (AvgIpc) is 2.74. The maximum atomic E-state index is 12.0. The lowest BCUT2D eigenvalue weighted by atomic mass is 9.88. The fourth-order valence-electron chi connectivity index (χ4n) is 3.69. The number of phenols is 1. The summed E-state index contributed by atoms with van der Waals surface area (Å²) in [5, 5.41) is 16.9. The zero-order valence-electron chi connectivity index (χ0n) is 17.5. The van der Waals surface area contributed by atoms with E-state index >= 15 is 0 Å². The summed E-state index contributed by atoms with van der Waals surface area (Å²) in [6.07, 6.45) is 4.49. The molecule has 6 heteroatoms. The second-order valence-corrected chi connectivity index (χ2v) is 7.58. The Morgan fingerprint density at radius 1 is 1.03 bits per heavy atom. The van der Waals surface area contributed by atoms with E-state index in [4.69, 9.17) is 0 Å². The van der Waals surface area contributed by atoms with Crippen LogP contribution in [0.5, 0.6) is 5.75 Å². The quantitative estimate of drug-likeness (QED) is 0.538. The van der Waals surface area contributed by atoms with Crippen LogP contribution in [-0.2, 0) is 25.9 Å². The lowest BCUT2D eigenvalue weighted by Gasteiger charge is -2.21. The van der Waals surface area contributed by atoms with Crippen LogP contribution in [0.15, 0.2) is 41.4 Å². The van der Waals surface area contributed by atoms with Gasteiger partial charge in [-0.3, -0.25) is 9.79 Å². The van der Waals surface area contributed by atoms with E-state index in [1.165, 1.54) is 24.0 Å². The van der Waals surface area contributed by atoms with Gasteiger partial charge in [0.1, 0.15) is 5.75 Å². The van der Waals surface area contributed by atoms with Crippen molar-refractivity contribution in [3.63, 3.8) is 0 Å². The molecule has 0 unspecified atom stereocenters. The van der Waals surface area contributed by atoms with Crippen molar-refractivity contribution in [2.24, 2.45) is 4.99 Å². The van der Waals surface area contributed by atoms with Crippen molar-refractivity contribution < 1.29 is 9.90 Å². The number of nitrogens with zero attached hydrogens (tertiary/aromatic N) is 2. The van der Waals surface area contributed by atoms with E-state index in [0.717, 1.165) is 24.0 Å². The molecule has 0 saturated heterocycles. The van der Waals surface area contributed by atoms with Gasteiger partial charge in [0.25, 0.3) is 5.91 Å². The van der Waals surface area contributed by atoms with E-state index in [2.05, 4.69) is 15.6 Å². The largest absolute Gasteiger partial charge is 0.508 e. The minimum atomic E-state index is -0.00649. The van der Waals surface area contributed by atoms with Gasteiger partial charge in [0.2, 0.25) is 0 Å². The number of rotatable bonds is 5. The highest BCUT2D eigenvalue weighted by atomic mass is 16.3. The molecule has 3 rings (SSSR count). The summed E-state index contributed by atoms with van der Waals surface area (Å²) in [6, 6.07) is 11.4. The van der Waals surface area contributed by atoms with Gasteiger partial charge in [0.05, 0.1) is 0 Å². The second-order valence-electron chi connectivity index (χ2n) is 7.58. The normalized spacial score (nSPS) is 13.6. The fraction of sp³-hybridized carbons (Fsp3) is 0.391. The Kier molecular flexibility index (Phi) is 6.75. The molecule has 0 aliphatic heterocycles. The Morgan fingerprint density at radius 3 is 2.41 bits per heavy atom. The van der Waals surface area contributed by atoms with Crippen LogP contribution in [-0.4, -0.2) is 43.0 Å². The number of aryl methyl sites for hydroxylation is 1. The number of hydrogen-bond donors (Lipinski definition) is 3. The lowest BCUT2D eigenvalue weighted by Crippen LogP contribution is -2.36. The molecule has 29 heavy (non-hydrogen) atoms. The van der Waals surface area contributed by atoms with E-state index in [1.54, 1.807) is 32.1 Å². The van der Waals surface area contributed by atoms with Crippen molar-refractivity contribution in [1.29, 1.82) is 0 Å². The summed E-state index contributed by atoms with van der Waals surface area (Å²) in [5.74, 6) is 1.01. The third-order valence-electron chi connectivity index (χ3n) is 5.35. The summed E-state index contributed by atoms with van der Waals surface area (Å²) in [5.41, 5.74) is 5.33. The van der Waals surface area contributed by atoms with Gasteiger partial charge in [0.15, 0.2) is 5.96 Å². The zero-order valence-corrected chi connectivity index (χ0v) is 17.5. The third-order valence-corrected chi connectivity index (χ3v) is 5.35. The molecular weight excluding hydrogens is 364 g/mol. The number of nitrogens with one attached hydrogen (secondary N) is 2. The molecule has 1 aliphatic carbocycles. The molecule has 0 spiro atoms. The van der Waals surface area contributed by atoms with Gasteiger partial charge in [-0.15, -0.1) is 0 Å². The number of amides is 1. The standard InChI is InChI=1S/C23H30N4O2/c1-24-23(25-14-16-8-10-18(11-9-16)22(29)27(2)3)26-15-20-19-7-5-4-6-17(19)12-13-21(20)28/h8-13,28H,4-7,14-15H2,1-3H3,(H2,24,25,26). The molecule has 1 aliphatic rings. The van der Waals surface area contributed by atoms with Crippen LogP contribution >= 0.6 is 0 Å². The maximum absolute atomic E-state index is 12.0. The first kappa shape index (κ1) is 20.7. The Bertz CT molecular complexity index is 888. The minimum Gasteiger partial charge on any atom is -0.508 e. The van der Waals surface area contributed by atoms with Crippen molar-refractivity contribution in [3.8, 4) is 5.75 Å². The molecule has 3 N–H and O–H groups in total. The number of carbonyl (C=O) groups is 1. The average molecular weight is 395 g/mol. The number of hydrogen-bond acceptors (Lipinski definition) is 3. The maximum Gasteiger partial charge on any atom is 0.253 e. The summed E-state index contributed by atoms with van der Waals surface area (Å²) >= 11 is 0. The molecule has 154 valence electrons. The van der Waals surface area contributed by atoms with E-state index in [-0.39, 0.29) is 5.91 Å². The Labute approximate surface area is 172 Å². The summed E-state index contributed by atoms with van der Waals surface area (Å²) in [7, 11) is 5.22. The third kappa shape index (κ3) is 5.08. The highest BCUT2D eigenvalue weighted by Crippen LogP contribution is 2.30. The van der Waals surface area contributed by atoms with Gasteiger partial charge in [0, 0.05) is 45.4 Å². The van der Waals surface area contributed by atoms with E-state index in [0.29, 0.717) is 30.4 Å². The molecule has 2 aromatic rings. The molecule has 0 radical (unpaired) electrons. The van der Waals surface area contributed by atoms with Crippen LogP contribution in [0.2, 0.25) is 0 Å². The number of carbonyl (C=O) groups excluding carboxylic acids is 1. The van der Waals surface area contributed by atoms with Gasteiger partial charge >= 0.3 is 0 Å². The second kappa shape index (κ2) is 9.45. The van der Waals surface area contributed by atoms with E-state index in [1.807, 2.05) is 30.3 Å². The molecule has 0 atom stereocenters. The number of benzene rings is 2. The minimum absolute atomic E-state index is 0.00649. The number of fused-ring (bicyclic) bond motifs is 1. The molecule has 0 heterocycles.